The number of halogens is 1. The Bertz CT molecular complexity index is 548. The molecular formula is C14H19FN2O3. The average molecular weight is 282 g/mol. The molecule has 4 N–H and O–H groups in total. The molecule has 0 saturated carbocycles. The Morgan fingerprint density at radius 3 is 2.25 bits per heavy atom. The van der Waals surface area contributed by atoms with Crippen molar-refractivity contribution in [2.45, 2.75) is 33.2 Å². The van der Waals surface area contributed by atoms with E-state index in [9.17, 15) is 14.0 Å². The van der Waals surface area contributed by atoms with Gasteiger partial charge in [-0.05, 0) is 39.8 Å². The Labute approximate surface area is 117 Å². The monoisotopic (exact) mass is 282 g/mol. The number of aromatic carboxylic acids is 1. The normalized spacial score (nSPS) is 12.1. The number of carboxylic acid groups (broad SMARTS) is 1. The van der Waals surface area contributed by atoms with E-state index in [0.717, 1.165) is 6.07 Å². The molecular weight excluding hydrogens is 263 g/mol. The van der Waals surface area contributed by atoms with Gasteiger partial charge in [-0.3, -0.25) is 4.79 Å². The molecule has 0 aliphatic heterocycles. The van der Waals surface area contributed by atoms with Crippen LogP contribution in [0.5, 0.6) is 0 Å². The van der Waals surface area contributed by atoms with Gasteiger partial charge in [0, 0.05) is 5.54 Å². The van der Waals surface area contributed by atoms with Crippen LogP contribution in [0.25, 0.3) is 0 Å². The van der Waals surface area contributed by atoms with Crippen LogP contribution in [0, 0.1) is 11.2 Å². The van der Waals surface area contributed by atoms with Crippen LogP contribution in [-0.4, -0.2) is 22.5 Å². The number of nitrogens with one attached hydrogen (secondary N) is 1. The minimum Gasteiger partial charge on any atom is -0.478 e. The van der Waals surface area contributed by atoms with E-state index in [1.165, 1.54) is 12.1 Å². The van der Waals surface area contributed by atoms with Crippen LogP contribution in [0.1, 0.15) is 38.1 Å². The molecule has 20 heavy (non-hydrogen) atoms. The molecule has 0 unspecified atom stereocenters. The van der Waals surface area contributed by atoms with Gasteiger partial charge in [-0.2, -0.15) is 0 Å². The van der Waals surface area contributed by atoms with Gasteiger partial charge < -0.3 is 16.2 Å². The lowest BCUT2D eigenvalue weighted by Crippen LogP contribution is -2.53. The third-order valence-electron chi connectivity index (χ3n) is 3.65. The topological polar surface area (TPSA) is 92.4 Å². The third kappa shape index (κ3) is 2.96. The highest BCUT2D eigenvalue weighted by Crippen LogP contribution is 2.30. The minimum atomic E-state index is -1.44. The molecule has 0 saturated heterocycles. The lowest BCUT2D eigenvalue weighted by Gasteiger charge is -2.37. The Kier molecular flexibility index (Phi) is 4.19. The van der Waals surface area contributed by atoms with E-state index < -0.39 is 34.2 Å². The molecule has 0 fully saturated rings. The van der Waals surface area contributed by atoms with E-state index in [4.69, 9.17) is 10.8 Å². The van der Waals surface area contributed by atoms with E-state index in [0.29, 0.717) is 0 Å². The van der Waals surface area contributed by atoms with Gasteiger partial charge in [-0.15, -0.1) is 0 Å². The lowest BCUT2D eigenvalue weighted by molar-refractivity contribution is -0.126. The van der Waals surface area contributed by atoms with Crippen LogP contribution in [0.4, 0.5) is 10.1 Å². The van der Waals surface area contributed by atoms with Crippen LogP contribution < -0.4 is 11.1 Å². The zero-order valence-corrected chi connectivity index (χ0v) is 12.0. The van der Waals surface area contributed by atoms with Crippen LogP contribution in [-0.2, 0) is 4.79 Å². The molecule has 0 spiro atoms. The van der Waals surface area contributed by atoms with E-state index in [1.54, 1.807) is 27.7 Å². The summed E-state index contributed by atoms with van der Waals surface area (Å²) >= 11 is 0. The quantitative estimate of drug-likeness (QED) is 0.789. The Hall–Kier alpha value is -1.95. The van der Waals surface area contributed by atoms with Crippen molar-refractivity contribution in [1.29, 1.82) is 0 Å². The number of anilines is 1. The average Bonchev–Trinajstić information content (AvgIpc) is 2.26. The predicted molar refractivity (Wildman–Crippen MR) is 74.0 cm³/mol. The molecule has 0 aliphatic rings. The van der Waals surface area contributed by atoms with Crippen molar-refractivity contribution in [3.8, 4) is 0 Å². The van der Waals surface area contributed by atoms with Gasteiger partial charge in [-0.1, -0.05) is 6.07 Å². The molecule has 0 aromatic heterocycles. The van der Waals surface area contributed by atoms with Gasteiger partial charge in [0.2, 0.25) is 5.91 Å². The van der Waals surface area contributed by atoms with Crippen LogP contribution in [0.2, 0.25) is 0 Å². The minimum absolute atomic E-state index is 0.0835. The number of benzene rings is 1. The molecule has 1 rings (SSSR count). The highest BCUT2D eigenvalue weighted by Gasteiger charge is 2.40. The molecule has 1 aromatic rings. The first-order valence-corrected chi connectivity index (χ1v) is 6.10. The molecule has 1 amide bonds. The smallest absolute Gasteiger partial charge is 0.340 e. The maximum atomic E-state index is 13.5. The number of carbonyl (C=O) groups excluding carboxylic acids is 1. The molecule has 0 atom stereocenters. The SMILES string of the molecule is CC(C)(N)C(C)(C)C(=O)Nc1cccc(F)c1C(=O)O. The van der Waals surface area contributed by atoms with Crippen molar-refractivity contribution in [2.75, 3.05) is 5.32 Å². The summed E-state index contributed by atoms with van der Waals surface area (Å²) in [4.78, 5) is 23.3. The summed E-state index contributed by atoms with van der Waals surface area (Å²) in [6, 6.07) is 3.69. The zero-order chi connectivity index (χ0) is 15.7. The van der Waals surface area contributed by atoms with Gasteiger partial charge in [0.15, 0.2) is 0 Å². The fourth-order valence-corrected chi connectivity index (χ4v) is 1.42. The van der Waals surface area contributed by atoms with Crippen molar-refractivity contribution < 1.29 is 19.1 Å². The van der Waals surface area contributed by atoms with Crippen molar-refractivity contribution in [2.24, 2.45) is 11.1 Å². The van der Waals surface area contributed by atoms with E-state index >= 15 is 0 Å². The summed E-state index contributed by atoms with van der Waals surface area (Å²) < 4.78 is 13.5. The molecule has 6 heteroatoms. The maximum absolute atomic E-state index is 13.5. The summed E-state index contributed by atoms with van der Waals surface area (Å²) in [7, 11) is 0. The second kappa shape index (κ2) is 5.20. The fourth-order valence-electron chi connectivity index (χ4n) is 1.42. The van der Waals surface area contributed by atoms with E-state index in [1.807, 2.05) is 0 Å². The summed E-state index contributed by atoms with van der Waals surface area (Å²) in [5, 5.41) is 11.4. The number of carboxylic acids is 1. The second-order valence-corrected chi connectivity index (χ2v) is 5.77. The molecule has 0 heterocycles. The number of amides is 1. The first-order valence-electron chi connectivity index (χ1n) is 6.10. The number of rotatable bonds is 4. The Morgan fingerprint density at radius 1 is 1.25 bits per heavy atom. The molecule has 0 radical (unpaired) electrons. The van der Waals surface area contributed by atoms with E-state index in [2.05, 4.69) is 5.32 Å². The molecule has 1 aromatic carbocycles. The molecule has 110 valence electrons. The summed E-state index contributed by atoms with van der Waals surface area (Å²) in [6.45, 7) is 6.66. The Balaban J connectivity index is 3.16. The molecule has 5 nitrogen and oxygen atoms in total. The van der Waals surface area contributed by atoms with Gasteiger partial charge in [0.25, 0.3) is 0 Å². The zero-order valence-electron chi connectivity index (χ0n) is 12.0. The predicted octanol–water partition coefficient (Wildman–Crippen LogP) is 2.23. The highest BCUT2D eigenvalue weighted by molar-refractivity contribution is 6.02. The van der Waals surface area contributed by atoms with Gasteiger partial charge in [0.1, 0.15) is 11.4 Å². The van der Waals surface area contributed by atoms with Gasteiger partial charge in [-0.25, -0.2) is 9.18 Å². The number of carbonyl (C=O) groups is 2. The standard InChI is InChI=1S/C14H19FN2O3/c1-13(2,14(3,4)16)12(20)17-9-7-5-6-8(15)10(9)11(18)19/h5-7H,16H2,1-4H3,(H,17,20)(H,18,19). The van der Waals surface area contributed by atoms with Crippen molar-refractivity contribution in [1.82, 2.24) is 0 Å². The van der Waals surface area contributed by atoms with Crippen molar-refractivity contribution in [3.63, 3.8) is 0 Å². The maximum Gasteiger partial charge on any atom is 0.340 e. The highest BCUT2D eigenvalue weighted by atomic mass is 19.1. The van der Waals surface area contributed by atoms with Crippen LogP contribution in [0.3, 0.4) is 0 Å². The van der Waals surface area contributed by atoms with Crippen LogP contribution >= 0.6 is 0 Å². The van der Waals surface area contributed by atoms with Crippen molar-refractivity contribution >= 4 is 17.6 Å². The molecule has 0 bridgehead atoms. The largest absolute Gasteiger partial charge is 0.478 e. The molecule has 0 aliphatic carbocycles. The number of hydrogen-bond donors (Lipinski definition) is 3. The first-order chi connectivity index (χ1) is 8.98. The summed E-state index contributed by atoms with van der Waals surface area (Å²) in [6.07, 6.45) is 0. The lowest BCUT2D eigenvalue weighted by atomic mass is 9.74. The fraction of sp³-hybridized carbons (Fsp3) is 0.429. The number of hydrogen-bond acceptors (Lipinski definition) is 3. The Morgan fingerprint density at radius 2 is 1.80 bits per heavy atom. The van der Waals surface area contributed by atoms with E-state index in [-0.39, 0.29) is 5.69 Å². The van der Waals surface area contributed by atoms with Crippen LogP contribution in [0.15, 0.2) is 18.2 Å². The second-order valence-electron chi connectivity index (χ2n) is 5.77. The van der Waals surface area contributed by atoms with Crippen molar-refractivity contribution in [3.05, 3.63) is 29.6 Å². The number of nitrogens with two attached hydrogens (primary N) is 1. The summed E-state index contributed by atoms with van der Waals surface area (Å²) in [5.41, 5.74) is 3.51. The summed E-state index contributed by atoms with van der Waals surface area (Å²) in [5.74, 6) is -2.82. The first kappa shape index (κ1) is 16.1. The third-order valence-corrected chi connectivity index (χ3v) is 3.65. The van der Waals surface area contributed by atoms with Gasteiger partial charge >= 0.3 is 5.97 Å². The van der Waals surface area contributed by atoms with Gasteiger partial charge in [0.05, 0.1) is 11.1 Å².